The molecule has 0 amide bonds. The summed E-state index contributed by atoms with van der Waals surface area (Å²) < 4.78 is 18.7. The quantitative estimate of drug-likeness (QED) is 0.728. The van der Waals surface area contributed by atoms with Crippen LogP contribution in [-0.2, 0) is 9.31 Å². The molecule has 3 rings (SSSR count). The van der Waals surface area contributed by atoms with Crippen molar-refractivity contribution < 1.29 is 14.0 Å². The van der Waals surface area contributed by atoms with Gasteiger partial charge >= 0.3 is 7.12 Å². The van der Waals surface area contributed by atoms with E-state index in [-0.39, 0.29) is 23.9 Å². The van der Waals surface area contributed by atoms with Crippen molar-refractivity contribution in [2.24, 2.45) is 0 Å². The van der Waals surface area contributed by atoms with Gasteiger partial charge in [-0.3, -0.25) is 0 Å². The van der Waals surface area contributed by atoms with E-state index in [0.29, 0.717) is 0 Å². The van der Waals surface area contributed by atoms with Gasteiger partial charge in [0.25, 0.3) is 0 Å². The van der Waals surface area contributed by atoms with Crippen molar-refractivity contribution >= 4 is 12.6 Å². The zero-order valence-electron chi connectivity index (χ0n) is 14.6. The van der Waals surface area contributed by atoms with Gasteiger partial charge in [0.2, 0.25) is 0 Å². The van der Waals surface area contributed by atoms with Gasteiger partial charge in [-0.25, -0.2) is 0 Å². The van der Waals surface area contributed by atoms with E-state index in [2.05, 4.69) is 72.7 Å². The molecule has 0 unspecified atom stereocenters. The summed E-state index contributed by atoms with van der Waals surface area (Å²) in [6.07, 6.45) is 2.12. The molecule has 2 heterocycles. The number of hydrogen-bond donors (Lipinski definition) is 0. The van der Waals surface area contributed by atoms with E-state index in [1.165, 1.54) is 0 Å². The molecule has 22 heavy (non-hydrogen) atoms. The lowest BCUT2D eigenvalue weighted by molar-refractivity contribution is 0.00578. The molecular formula is C18H25BO3. The third-order valence-corrected chi connectivity index (χ3v) is 4.90. The van der Waals surface area contributed by atoms with Crippen LogP contribution in [0.25, 0.3) is 5.47 Å². The summed E-state index contributed by atoms with van der Waals surface area (Å²) in [4.78, 5) is 0. The second-order valence-electron chi connectivity index (χ2n) is 7.85. The Kier molecular flexibility index (Phi) is 3.28. The highest BCUT2D eigenvalue weighted by Crippen LogP contribution is 2.45. The molecule has 0 spiro atoms. The first-order valence-corrected chi connectivity index (χ1v) is 7.90. The highest BCUT2D eigenvalue weighted by Gasteiger charge is 2.53. The fraction of sp³-hybridized carbons (Fsp3) is 0.556. The van der Waals surface area contributed by atoms with Crippen LogP contribution in [0.3, 0.4) is 0 Å². The topological polar surface area (TPSA) is 27.7 Å². The molecule has 0 aromatic heterocycles. The summed E-state index contributed by atoms with van der Waals surface area (Å²) in [5, 5.41) is 0. The van der Waals surface area contributed by atoms with E-state index in [1.807, 2.05) is 0 Å². The maximum Gasteiger partial charge on any atom is 0.495 e. The van der Waals surface area contributed by atoms with Gasteiger partial charge in [0, 0.05) is 5.56 Å². The molecule has 2 aliphatic rings. The Morgan fingerprint density at radius 2 is 1.50 bits per heavy atom. The number of ether oxygens (including phenoxy) is 1. The predicted molar refractivity (Wildman–Crippen MR) is 89.9 cm³/mol. The number of benzene rings is 1. The average molecular weight is 300 g/mol. The Morgan fingerprint density at radius 1 is 0.909 bits per heavy atom. The van der Waals surface area contributed by atoms with E-state index >= 15 is 0 Å². The molecule has 3 nitrogen and oxygen atoms in total. The van der Waals surface area contributed by atoms with Crippen LogP contribution in [0, 0.1) is 6.92 Å². The molecular weight excluding hydrogens is 275 g/mol. The van der Waals surface area contributed by atoms with Crippen LogP contribution in [0.2, 0.25) is 0 Å². The summed E-state index contributed by atoms with van der Waals surface area (Å²) in [6.45, 7) is 14.5. The van der Waals surface area contributed by atoms with Crippen LogP contribution in [0.1, 0.15) is 52.7 Å². The molecule has 118 valence electrons. The summed E-state index contributed by atoms with van der Waals surface area (Å²) in [5.74, 6) is 0.930. The molecule has 1 aromatic carbocycles. The van der Waals surface area contributed by atoms with Crippen LogP contribution in [0.4, 0.5) is 0 Å². The van der Waals surface area contributed by atoms with Crippen LogP contribution in [0.5, 0.6) is 5.75 Å². The Labute approximate surface area is 133 Å². The van der Waals surface area contributed by atoms with Gasteiger partial charge in [-0.15, -0.1) is 0 Å². The normalized spacial score (nSPS) is 24.5. The standard InChI is InChI=1S/C18H25BO3/c1-12-9-8-10-13-14(11-16(2,3)20-15(12)13)19-21-17(4,5)18(6,7)22-19/h8-11H,1-7H3. The zero-order chi connectivity index (χ0) is 16.3. The van der Waals surface area contributed by atoms with Crippen LogP contribution < -0.4 is 4.74 Å². The van der Waals surface area contributed by atoms with Gasteiger partial charge in [-0.2, -0.15) is 0 Å². The van der Waals surface area contributed by atoms with Gasteiger partial charge in [0.15, 0.2) is 0 Å². The second-order valence-corrected chi connectivity index (χ2v) is 7.85. The highest BCUT2D eigenvalue weighted by molar-refractivity contribution is 6.69. The predicted octanol–water partition coefficient (Wildman–Crippen LogP) is 4.18. The second kappa shape index (κ2) is 4.62. The molecule has 0 N–H and O–H groups in total. The third-order valence-electron chi connectivity index (χ3n) is 4.90. The number of rotatable bonds is 1. The smallest absolute Gasteiger partial charge is 0.483 e. The van der Waals surface area contributed by atoms with Crippen LogP contribution in [0.15, 0.2) is 24.3 Å². The Morgan fingerprint density at radius 3 is 2.09 bits per heavy atom. The average Bonchev–Trinajstić information content (AvgIpc) is 2.58. The van der Waals surface area contributed by atoms with Crippen LogP contribution in [-0.4, -0.2) is 23.9 Å². The largest absolute Gasteiger partial charge is 0.495 e. The van der Waals surface area contributed by atoms with Crippen molar-refractivity contribution in [3.63, 3.8) is 0 Å². The Balaban J connectivity index is 2.08. The minimum atomic E-state index is -0.377. The van der Waals surface area contributed by atoms with Crippen molar-refractivity contribution in [3.05, 3.63) is 35.4 Å². The molecule has 0 aliphatic carbocycles. The third kappa shape index (κ3) is 2.39. The van der Waals surface area contributed by atoms with E-state index in [1.54, 1.807) is 0 Å². The van der Waals surface area contributed by atoms with Crippen molar-refractivity contribution in [2.45, 2.75) is 65.3 Å². The molecule has 4 heteroatoms. The zero-order valence-corrected chi connectivity index (χ0v) is 14.6. The molecule has 1 aromatic rings. The summed E-state index contributed by atoms with van der Waals surface area (Å²) in [6, 6.07) is 6.20. The minimum Gasteiger partial charge on any atom is -0.483 e. The van der Waals surface area contributed by atoms with Gasteiger partial charge in [-0.05, 0) is 65.6 Å². The molecule has 1 fully saturated rings. The van der Waals surface area contributed by atoms with E-state index in [9.17, 15) is 0 Å². The highest BCUT2D eigenvalue weighted by atomic mass is 16.7. The first kappa shape index (κ1) is 15.6. The minimum absolute atomic E-state index is 0.342. The van der Waals surface area contributed by atoms with E-state index < -0.39 is 0 Å². The van der Waals surface area contributed by atoms with Crippen molar-refractivity contribution in [3.8, 4) is 5.75 Å². The first-order chi connectivity index (χ1) is 10.0. The summed E-state index contributed by atoms with van der Waals surface area (Å²) >= 11 is 0. The lowest BCUT2D eigenvalue weighted by Gasteiger charge is -2.32. The Bertz CT molecular complexity index is 628. The van der Waals surface area contributed by atoms with Gasteiger partial charge in [-0.1, -0.05) is 18.2 Å². The first-order valence-electron chi connectivity index (χ1n) is 7.90. The number of aryl methyl sites for hydroxylation is 1. The summed E-state index contributed by atoms with van der Waals surface area (Å²) in [7, 11) is -0.367. The molecule has 0 atom stereocenters. The van der Waals surface area contributed by atoms with E-state index in [0.717, 1.165) is 22.3 Å². The maximum atomic E-state index is 6.25. The van der Waals surface area contributed by atoms with Crippen molar-refractivity contribution in [1.29, 1.82) is 0 Å². The van der Waals surface area contributed by atoms with Crippen molar-refractivity contribution in [2.75, 3.05) is 0 Å². The SMILES string of the molecule is Cc1cccc2c1OC(C)(C)C=C2B1OC(C)(C)C(C)(C)O1. The fourth-order valence-corrected chi connectivity index (χ4v) is 2.93. The fourth-order valence-electron chi connectivity index (χ4n) is 2.93. The molecule has 0 bridgehead atoms. The maximum absolute atomic E-state index is 6.25. The number of para-hydroxylation sites is 1. The summed E-state index contributed by atoms with van der Waals surface area (Å²) in [5.41, 5.74) is 2.20. The molecule has 2 aliphatic heterocycles. The monoisotopic (exact) mass is 300 g/mol. The lowest BCUT2D eigenvalue weighted by atomic mass is 9.70. The molecule has 0 saturated carbocycles. The van der Waals surface area contributed by atoms with Gasteiger partial charge in [0.05, 0.1) is 11.2 Å². The van der Waals surface area contributed by atoms with Crippen molar-refractivity contribution in [1.82, 2.24) is 0 Å². The van der Waals surface area contributed by atoms with E-state index in [4.69, 9.17) is 14.0 Å². The van der Waals surface area contributed by atoms with Gasteiger partial charge < -0.3 is 14.0 Å². The lowest BCUT2D eigenvalue weighted by Crippen LogP contribution is -2.41. The molecule has 0 radical (unpaired) electrons. The van der Waals surface area contributed by atoms with Gasteiger partial charge in [0.1, 0.15) is 11.4 Å². The molecule has 1 saturated heterocycles. The number of hydrogen-bond acceptors (Lipinski definition) is 3. The van der Waals surface area contributed by atoms with Crippen LogP contribution >= 0.6 is 0 Å². The Hall–Kier alpha value is -1.26. The number of fused-ring (bicyclic) bond motifs is 1.